The Bertz CT molecular complexity index is 688. The minimum Gasteiger partial charge on any atom is -0.468 e. The SMILES string of the molecule is CNCc1csc(S(=O)(=O)N(Cc2ccco2)C2CC2)c1. The maximum atomic E-state index is 12.8. The number of sulfonamides is 1. The molecule has 1 fully saturated rings. The summed E-state index contributed by atoms with van der Waals surface area (Å²) in [7, 11) is -1.60. The summed E-state index contributed by atoms with van der Waals surface area (Å²) >= 11 is 1.28. The molecule has 1 saturated carbocycles. The summed E-state index contributed by atoms with van der Waals surface area (Å²) in [5, 5.41) is 4.92. The number of thiophene rings is 1. The Morgan fingerprint density at radius 2 is 2.29 bits per heavy atom. The van der Waals surface area contributed by atoms with Crippen LogP contribution in [0.1, 0.15) is 24.2 Å². The van der Waals surface area contributed by atoms with E-state index in [9.17, 15) is 8.42 Å². The fourth-order valence-corrected chi connectivity index (χ4v) is 5.22. The highest BCUT2D eigenvalue weighted by Gasteiger charge is 2.39. The molecule has 0 aliphatic heterocycles. The summed E-state index contributed by atoms with van der Waals surface area (Å²) < 4.78 is 32.9. The van der Waals surface area contributed by atoms with E-state index in [1.807, 2.05) is 18.5 Å². The van der Waals surface area contributed by atoms with Crippen LogP contribution < -0.4 is 5.32 Å². The van der Waals surface area contributed by atoms with Crippen molar-refractivity contribution in [2.75, 3.05) is 7.05 Å². The predicted octanol–water partition coefficient (Wildman–Crippen LogP) is 2.41. The molecular weight excluding hydrogens is 308 g/mol. The van der Waals surface area contributed by atoms with Gasteiger partial charge in [-0.3, -0.25) is 0 Å². The van der Waals surface area contributed by atoms with Crippen molar-refractivity contribution in [2.45, 2.75) is 36.2 Å². The first-order valence-electron chi connectivity index (χ1n) is 6.87. The number of nitrogens with zero attached hydrogens (tertiary/aromatic N) is 1. The number of furan rings is 1. The summed E-state index contributed by atoms with van der Waals surface area (Å²) in [6, 6.07) is 5.46. The predicted molar refractivity (Wildman–Crippen MR) is 81.5 cm³/mol. The highest BCUT2D eigenvalue weighted by molar-refractivity contribution is 7.91. The van der Waals surface area contributed by atoms with Crippen LogP contribution in [0.2, 0.25) is 0 Å². The van der Waals surface area contributed by atoms with E-state index in [1.54, 1.807) is 22.7 Å². The fraction of sp³-hybridized carbons (Fsp3) is 0.429. The topological polar surface area (TPSA) is 62.6 Å². The van der Waals surface area contributed by atoms with E-state index in [4.69, 9.17) is 4.42 Å². The van der Waals surface area contributed by atoms with Gasteiger partial charge in [-0.1, -0.05) is 0 Å². The second-order valence-corrected chi connectivity index (χ2v) is 8.19. The van der Waals surface area contributed by atoms with Crippen LogP contribution in [0.25, 0.3) is 0 Å². The van der Waals surface area contributed by atoms with Crippen LogP contribution in [-0.4, -0.2) is 25.8 Å². The van der Waals surface area contributed by atoms with Gasteiger partial charge in [0.1, 0.15) is 9.97 Å². The van der Waals surface area contributed by atoms with E-state index in [2.05, 4.69) is 5.32 Å². The third kappa shape index (κ3) is 3.21. The Balaban J connectivity index is 1.85. The molecule has 2 aromatic rings. The van der Waals surface area contributed by atoms with Gasteiger partial charge >= 0.3 is 0 Å². The van der Waals surface area contributed by atoms with Crippen LogP contribution in [0.15, 0.2) is 38.5 Å². The standard InChI is InChI=1S/C14H18N2O3S2/c1-15-8-11-7-14(20-10-11)21(17,18)16(12-4-5-12)9-13-3-2-6-19-13/h2-3,6-7,10,12,15H,4-5,8-9H2,1H3. The van der Waals surface area contributed by atoms with Crippen LogP contribution in [0, 0.1) is 0 Å². The second-order valence-electron chi connectivity index (χ2n) is 5.17. The smallest absolute Gasteiger partial charge is 0.253 e. The molecular formula is C14H18N2O3S2. The maximum Gasteiger partial charge on any atom is 0.253 e. The van der Waals surface area contributed by atoms with Crippen molar-refractivity contribution in [1.29, 1.82) is 0 Å². The second kappa shape index (κ2) is 5.92. The summed E-state index contributed by atoms with van der Waals surface area (Å²) in [5.74, 6) is 0.678. The van der Waals surface area contributed by atoms with Gasteiger partial charge in [0.2, 0.25) is 0 Å². The average molecular weight is 326 g/mol. The molecule has 1 aliphatic carbocycles. The molecule has 2 heterocycles. The molecule has 3 rings (SSSR count). The lowest BCUT2D eigenvalue weighted by atomic mass is 10.3. The Morgan fingerprint density at radius 3 is 2.90 bits per heavy atom. The molecule has 0 bridgehead atoms. The van der Waals surface area contributed by atoms with Crippen LogP contribution in [0.4, 0.5) is 0 Å². The largest absolute Gasteiger partial charge is 0.468 e. The van der Waals surface area contributed by atoms with Crippen LogP contribution >= 0.6 is 11.3 Å². The highest BCUT2D eigenvalue weighted by atomic mass is 32.2. The van der Waals surface area contributed by atoms with Gasteiger partial charge in [0.15, 0.2) is 0 Å². The first-order valence-corrected chi connectivity index (χ1v) is 9.19. The van der Waals surface area contributed by atoms with Gasteiger partial charge in [-0.2, -0.15) is 4.31 Å². The lowest BCUT2D eigenvalue weighted by Crippen LogP contribution is -2.32. The number of nitrogens with one attached hydrogen (secondary N) is 1. The van der Waals surface area contributed by atoms with E-state index >= 15 is 0 Å². The molecule has 114 valence electrons. The Morgan fingerprint density at radius 1 is 1.48 bits per heavy atom. The van der Waals surface area contributed by atoms with Crippen molar-refractivity contribution >= 4 is 21.4 Å². The molecule has 0 radical (unpaired) electrons. The van der Waals surface area contributed by atoms with Gasteiger partial charge in [0, 0.05) is 12.6 Å². The van der Waals surface area contributed by atoms with Crippen LogP contribution in [0.3, 0.4) is 0 Å². The van der Waals surface area contributed by atoms with Gasteiger partial charge in [0.05, 0.1) is 12.8 Å². The number of hydrogen-bond donors (Lipinski definition) is 1. The normalized spacial score (nSPS) is 15.7. The van der Waals surface area contributed by atoms with Crippen LogP contribution in [0.5, 0.6) is 0 Å². The highest BCUT2D eigenvalue weighted by Crippen LogP contribution is 2.35. The molecule has 1 N–H and O–H groups in total. The molecule has 1 aliphatic rings. The van der Waals surface area contributed by atoms with E-state index in [0.717, 1.165) is 18.4 Å². The monoisotopic (exact) mass is 326 g/mol. The third-order valence-electron chi connectivity index (χ3n) is 3.42. The minimum atomic E-state index is -3.45. The van der Waals surface area contributed by atoms with E-state index in [1.165, 1.54) is 11.3 Å². The average Bonchev–Trinajstić information content (AvgIpc) is 2.96. The van der Waals surface area contributed by atoms with Crippen molar-refractivity contribution < 1.29 is 12.8 Å². The van der Waals surface area contributed by atoms with E-state index in [-0.39, 0.29) is 6.04 Å². The number of rotatable bonds is 7. The first-order chi connectivity index (χ1) is 10.1. The quantitative estimate of drug-likeness (QED) is 0.849. The van der Waals surface area contributed by atoms with E-state index < -0.39 is 10.0 Å². The number of hydrogen-bond acceptors (Lipinski definition) is 5. The van der Waals surface area contributed by atoms with Crippen molar-refractivity contribution in [3.63, 3.8) is 0 Å². The molecule has 0 aromatic carbocycles. The Kier molecular flexibility index (Phi) is 4.17. The Labute approximate surface area is 128 Å². The minimum absolute atomic E-state index is 0.106. The van der Waals surface area contributed by atoms with Crippen molar-refractivity contribution in [3.8, 4) is 0 Å². The van der Waals surface area contributed by atoms with Crippen molar-refractivity contribution in [2.24, 2.45) is 0 Å². The van der Waals surface area contributed by atoms with Crippen molar-refractivity contribution in [1.82, 2.24) is 9.62 Å². The molecule has 5 nitrogen and oxygen atoms in total. The molecule has 7 heteroatoms. The fourth-order valence-electron chi connectivity index (χ4n) is 2.23. The van der Waals surface area contributed by atoms with Gasteiger partial charge in [-0.15, -0.1) is 11.3 Å². The molecule has 0 unspecified atom stereocenters. The molecule has 2 aromatic heterocycles. The molecule has 0 atom stereocenters. The zero-order valence-electron chi connectivity index (χ0n) is 11.8. The maximum absolute atomic E-state index is 12.8. The molecule has 0 saturated heterocycles. The van der Waals surface area contributed by atoms with Gasteiger partial charge in [0.25, 0.3) is 10.0 Å². The summed E-state index contributed by atoms with van der Waals surface area (Å²) in [6.07, 6.45) is 3.42. The molecule has 0 spiro atoms. The zero-order chi connectivity index (χ0) is 14.9. The van der Waals surface area contributed by atoms with Gasteiger partial charge in [-0.05, 0) is 49.0 Å². The zero-order valence-corrected chi connectivity index (χ0v) is 13.4. The molecule has 21 heavy (non-hydrogen) atoms. The van der Waals surface area contributed by atoms with Crippen LogP contribution in [-0.2, 0) is 23.1 Å². The third-order valence-corrected chi connectivity index (χ3v) is 6.78. The Hall–Kier alpha value is -1.15. The molecule has 0 amide bonds. The summed E-state index contributed by atoms with van der Waals surface area (Å²) in [6.45, 7) is 0.979. The van der Waals surface area contributed by atoms with E-state index in [0.29, 0.717) is 23.1 Å². The lowest BCUT2D eigenvalue weighted by molar-refractivity contribution is 0.357. The lowest BCUT2D eigenvalue weighted by Gasteiger charge is -2.19. The summed E-state index contributed by atoms with van der Waals surface area (Å²) in [5.41, 5.74) is 0.995. The first kappa shape index (κ1) is 14.8. The summed E-state index contributed by atoms with van der Waals surface area (Å²) in [4.78, 5) is 0. The van der Waals surface area contributed by atoms with Gasteiger partial charge < -0.3 is 9.73 Å². The van der Waals surface area contributed by atoms with Crippen molar-refractivity contribution in [3.05, 3.63) is 41.2 Å². The van der Waals surface area contributed by atoms with Gasteiger partial charge in [-0.25, -0.2) is 8.42 Å².